The maximum Gasteiger partial charge on any atom is 0.143 e. The fourth-order valence-electron chi connectivity index (χ4n) is 9.97. The van der Waals surface area contributed by atoms with Crippen molar-refractivity contribution >= 4 is 49.8 Å². The molecule has 11 aromatic rings. The number of anilines is 3. The van der Waals surface area contributed by atoms with Crippen molar-refractivity contribution in [2.45, 2.75) is 5.41 Å². The number of furan rings is 1. The van der Waals surface area contributed by atoms with Gasteiger partial charge in [0.05, 0.1) is 5.41 Å². The summed E-state index contributed by atoms with van der Waals surface area (Å²) in [6.45, 7) is 0. The Morgan fingerprint density at radius 2 is 0.885 bits per heavy atom. The molecule has 0 atom stereocenters. The number of hydrogen-bond acceptors (Lipinski definition) is 2. The topological polar surface area (TPSA) is 16.4 Å². The van der Waals surface area contributed by atoms with Gasteiger partial charge in [0.25, 0.3) is 0 Å². The van der Waals surface area contributed by atoms with Gasteiger partial charge in [0, 0.05) is 33.4 Å². The third-order valence-corrected chi connectivity index (χ3v) is 12.7. The summed E-state index contributed by atoms with van der Waals surface area (Å²) in [5.74, 6) is 0. The van der Waals surface area contributed by atoms with Crippen molar-refractivity contribution in [2.24, 2.45) is 0 Å². The van der Waals surface area contributed by atoms with Crippen LogP contribution in [0.15, 0.2) is 241 Å². The van der Waals surface area contributed by atoms with Crippen molar-refractivity contribution in [1.29, 1.82) is 0 Å². The predicted molar refractivity (Wildman–Crippen MR) is 254 cm³/mol. The maximum atomic E-state index is 6.47. The van der Waals surface area contributed by atoms with E-state index in [4.69, 9.17) is 4.42 Å². The molecule has 0 unspecified atom stereocenters. The molecular weight excluding hydrogens is 739 g/mol. The second-order valence-corrected chi connectivity index (χ2v) is 16.0. The molecule has 1 heterocycles. The van der Waals surface area contributed by atoms with E-state index >= 15 is 0 Å². The Bertz CT molecular complexity index is 3370. The molecule has 0 aliphatic heterocycles. The van der Waals surface area contributed by atoms with Crippen LogP contribution in [0.5, 0.6) is 0 Å². The Morgan fingerprint density at radius 1 is 0.328 bits per heavy atom. The first kappa shape index (κ1) is 35.0. The lowest BCUT2D eigenvalue weighted by molar-refractivity contribution is 0.670. The van der Waals surface area contributed by atoms with Gasteiger partial charge < -0.3 is 9.32 Å². The third-order valence-electron chi connectivity index (χ3n) is 12.7. The van der Waals surface area contributed by atoms with Crippen LogP contribution in [-0.2, 0) is 5.41 Å². The Morgan fingerprint density at radius 3 is 1.64 bits per heavy atom. The molecule has 0 radical (unpaired) electrons. The second kappa shape index (κ2) is 14.1. The van der Waals surface area contributed by atoms with Crippen LogP contribution in [0.25, 0.3) is 66.1 Å². The largest absolute Gasteiger partial charge is 0.455 e. The van der Waals surface area contributed by atoms with E-state index in [-0.39, 0.29) is 0 Å². The van der Waals surface area contributed by atoms with Gasteiger partial charge in [-0.1, -0.05) is 188 Å². The van der Waals surface area contributed by atoms with Crippen LogP contribution < -0.4 is 4.90 Å². The molecule has 0 spiro atoms. The van der Waals surface area contributed by atoms with Crippen molar-refractivity contribution in [3.63, 3.8) is 0 Å². The lowest BCUT2D eigenvalue weighted by Crippen LogP contribution is -2.28. The smallest absolute Gasteiger partial charge is 0.143 e. The monoisotopic (exact) mass is 777 g/mol. The Hall–Kier alpha value is -7.94. The molecule has 0 saturated heterocycles. The Kier molecular flexibility index (Phi) is 8.11. The van der Waals surface area contributed by atoms with Crippen LogP contribution >= 0.6 is 0 Å². The van der Waals surface area contributed by atoms with Gasteiger partial charge in [-0.25, -0.2) is 0 Å². The number of hydrogen-bond donors (Lipinski definition) is 0. The Labute approximate surface area is 355 Å². The molecule has 61 heavy (non-hydrogen) atoms. The van der Waals surface area contributed by atoms with Crippen LogP contribution in [-0.4, -0.2) is 0 Å². The van der Waals surface area contributed by atoms with E-state index in [2.05, 4.69) is 229 Å². The highest BCUT2D eigenvalue weighted by atomic mass is 16.3. The van der Waals surface area contributed by atoms with Gasteiger partial charge in [-0.2, -0.15) is 0 Å². The standard InChI is InChI=1S/C59H39NO/c1-2-16-45(17-3-1)59(55-25-9-6-20-51(55)52-21-7-10-26-56(52)59)46-18-12-19-49(39-46)60(47-34-30-41(31-35-47)44-29-28-40-14-4-5-15-43(40)38-44)48-36-32-42(33-37-48)50-23-13-24-54-53-22-8-11-27-57(53)61-58(50)54/h1-39H. The molecule has 2 nitrogen and oxygen atoms in total. The summed E-state index contributed by atoms with van der Waals surface area (Å²) in [6, 6.07) is 86.1. The first-order chi connectivity index (χ1) is 30.2. The molecule has 0 N–H and O–H groups in total. The summed E-state index contributed by atoms with van der Waals surface area (Å²) in [5.41, 5.74) is 16.7. The van der Waals surface area contributed by atoms with Gasteiger partial charge in [0.1, 0.15) is 11.2 Å². The van der Waals surface area contributed by atoms with E-state index in [1.54, 1.807) is 0 Å². The highest BCUT2D eigenvalue weighted by Crippen LogP contribution is 2.56. The number of fused-ring (bicyclic) bond motifs is 7. The summed E-state index contributed by atoms with van der Waals surface area (Å²) < 4.78 is 6.47. The zero-order chi connectivity index (χ0) is 40.3. The lowest BCUT2D eigenvalue weighted by atomic mass is 9.67. The van der Waals surface area contributed by atoms with E-state index in [9.17, 15) is 0 Å². The summed E-state index contributed by atoms with van der Waals surface area (Å²) in [7, 11) is 0. The van der Waals surface area contributed by atoms with E-state index in [1.165, 1.54) is 55.3 Å². The van der Waals surface area contributed by atoms with E-state index < -0.39 is 5.41 Å². The van der Waals surface area contributed by atoms with E-state index in [1.807, 2.05) is 12.1 Å². The maximum absolute atomic E-state index is 6.47. The van der Waals surface area contributed by atoms with Gasteiger partial charge in [0.15, 0.2) is 0 Å². The van der Waals surface area contributed by atoms with Crippen molar-refractivity contribution in [3.8, 4) is 33.4 Å². The van der Waals surface area contributed by atoms with Crippen LogP contribution in [0.2, 0.25) is 0 Å². The molecule has 1 aromatic heterocycles. The lowest BCUT2D eigenvalue weighted by Gasteiger charge is -2.35. The average molecular weight is 778 g/mol. The molecule has 1 aliphatic carbocycles. The number of benzene rings is 10. The molecule has 0 bridgehead atoms. The average Bonchev–Trinajstić information content (AvgIpc) is 3.87. The molecular formula is C59H39NO. The van der Waals surface area contributed by atoms with Crippen molar-refractivity contribution in [3.05, 3.63) is 259 Å². The van der Waals surface area contributed by atoms with Crippen LogP contribution in [0.4, 0.5) is 17.1 Å². The quantitative estimate of drug-likeness (QED) is 0.160. The van der Waals surface area contributed by atoms with Crippen LogP contribution in [0.3, 0.4) is 0 Å². The molecule has 12 rings (SSSR count). The fraction of sp³-hybridized carbons (Fsp3) is 0.0169. The predicted octanol–water partition coefficient (Wildman–Crippen LogP) is 15.9. The summed E-state index contributed by atoms with van der Waals surface area (Å²) >= 11 is 0. The van der Waals surface area contributed by atoms with Crippen molar-refractivity contribution in [1.82, 2.24) is 0 Å². The van der Waals surface area contributed by atoms with Crippen molar-refractivity contribution in [2.75, 3.05) is 4.90 Å². The molecule has 2 heteroatoms. The molecule has 10 aromatic carbocycles. The normalized spacial score (nSPS) is 12.7. The minimum atomic E-state index is -0.509. The van der Waals surface area contributed by atoms with E-state index in [0.29, 0.717) is 0 Å². The van der Waals surface area contributed by atoms with Gasteiger partial charge in [-0.3, -0.25) is 0 Å². The number of para-hydroxylation sites is 2. The molecule has 0 saturated carbocycles. The van der Waals surface area contributed by atoms with Gasteiger partial charge in [0.2, 0.25) is 0 Å². The zero-order valence-electron chi connectivity index (χ0n) is 33.4. The molecule has 1 aliphatic rings. The Balaban J connectivity index is 1.02. The summed E-state index contributed by atoms with van der Waals surface area (Å²) in [6.07, 6.45) is 0. The molecule has 0 fully saturated rings. The van der Waals surface area contributed by atoms with Gasteiger partial charge in [-0.05, 0) is 109 Å². The minimum Gasteiger partial charge on any atom is -0.455 e. The zero-order valence-corrected chi connectivity index (χ0v) is 33.4. The summed E-state index contributed by atoms with van der Waals surface area (Å²) in [5, 5.41) is 4.75. The second-order valence-electron chi connectivity index (χ2n) is 16.0. The molecule has 0 amide bonds. The highest BCUT2D eigenvalue weighted by Gasteiger charge is 2.46. The van der Waals surface area contributed by atoms with Crippen LogP contribution in [0.1, 0.15) is 22.3 Å². The van der Waals surface area contributed by atoms with Gasteiger partial charge >= 0.3 is 0 Å². The first-order valence-corrected chi connectivity index (χ1v) is 21.0. The minimum absolute atomic E-state index is 0.509. The first-order valence-electron chi connectivity index (χ1n) is 21.0. The molecule has 286 valence electrons. The highest BCUT2D eigenvalue weighted by molar-refractivity contribution is 6.09. The SMILES string of the molecule is c1ccc(C2(c3cccc(N(c4ccc(-c5ccc6ccccc6c5)cc4)c4ccc(-c5cccc6c5oc5ccccc56)cc4)c3)c3ccccc3-c3ccccc32)cc1. The third kappa shape index (κ3) is 5.57. The number of nitrogens with zero attached hydrogens (tertiary/aromatic N) is 1. The summed E-state index contributed by atoms with van der Waals surface area (Å²) in [4.78, 5) is 2.39. The number of rotatable bonds is 7. The fourth-order valence-corrected chi connectivity index (χ4v) is 9.97. The van der Waals surface area contributed by atoms with Crippen LogP contribution in [0, 0.1) is 0 Å². The van der Waals surface area contributed by atoms with Gasteiger partial charge in [-0.15, -0.1) is 0 Å². The van der Waals surface area contributed by atoms with Crippen molar-refractivity contribution < 1.29 is 4.42 Å². The van der Waals surface area contributed by atoms with E-state index in [0.717, 1.165) is 50.1 Å².